The van der Waals surface area contributed by atoms with Crippen LogP contribution in [0.3, 0.4) is 0 Å². The Kier molecular flexibility index (Phi) is 10.6. The van der Waals surface area contributed by atoms with E-state index in [9.17, 15) is 18.0 Å². The monoisotopic (exact) mass is 562 g/mol. The van der Waals surface area contributed by atoms with Gasteiger partial charge in [0, 0.05) is 30.2 Å². The molecule has 0 aromatic heterocycles. The first-order chi connectivity index (χ1) is 17.9. The molecule has 3 N–H and O–H groups in total. The van der Waals surface area contributed by atoms with Crippen molar-refractivity contribution in [1.29, 1.82) is 0 Å². The highest BCUT2D eigenvalue weighted by atomic mass is 35.5. The van der Waals surface area contributed by atoms with E-state index in [1.54, 1.807) is 42.5 Å². The first kappa shape index (κ1) is 29.9. The van der Waals surface area contributed by atoms with Gasteiger partial charge >= 0.3 is 0 Å². The van der Waals surface area contributed by atoms with Gasteiger partial charge in [0.15, 0.2) is 9.84 Å². The molecule has 1 aliphatic rings. The number of hydrogen-bond acceptors (Lipinski definition) is 6. The maximum Gasteiger partial charge on any atom is 0.251 e. The molecule has 0 unspecified atom stereocenters. The number of carbonyl (C=O) groups is 2. The minimum atomic E-state index is -3.57. The Morgan fingerprint density at radius 3 is 2.32 bits per heavy atom. The molecule has 38 heavy (non-hydrogen) atoms. The summed E-state index contributed by atoms with van der Waals surface area (Å²) in [4.78, 5) is 27.8. The molecule has 0 fully saturated rings. The van der Waals surface area contributed by atoms with Crippen LogP contribution < -0.4 is 16.0 Å². The van der Waals surface area contributed by atoms with Crippen LogP contribution in [0.25, 0.3) is 0 Å². The van der Waals surface area contributed by atoms with Gasteiger partial charge in [-0.05, 0) is 60.7 Å². The van der Waals surface area contributed by atoms with Crippen molar-refractivity contribution < 1.29 is 18.0 Å². The lowest BCUT2D eigenvalue weighted by Crippen LogP contribution is -2.43. The van der Waals surface area contributed by atoms with Crippen LogP contribution >= 0.6 is 11.6 Å². The van der Waals surface area contributed by atoms with Crippen LogP contribution in [0, 0.1) is 11.8 Å². The fraction of sp³-hybridized carbons (Fsp3) is 0.500. The number of fused-ring (bicyclic) bond motifs is 1. The number of amides is 2. The van der Waals surface area contributed by atoms with E-state index in [2.05, 4.69) is 48.5 Å². The maximum atomic E-state index is 12.7. The van der Waals surface area contributed by atoms with E-state index in [0.717, 1.165) is 26.1 Å². The molecule has 2 aromatic carbocycles. The second kappa shape index (κ2) is 13.4. The summed E-state index contributed by atoms with van der Waals surface area (Å²) >= 11 is 5.87. The molecule has 0 bridgehead atoms. The first-order valence-corrected chi connectivity index (χ1v) is 15.3. The lowest BCUT2D eigenvalue weighted by atomic mass is 10.1. The zero-order valence-electron chi connectivity index (χ0n) is 22.6. The standard InChI is InChI=1S/C28H39ClN4O4S/c1-19(2)15-33(16-20(3)4)13-5-12-30-27(34)22-8-11-24-25(14-22)32-28(35)26(31-24)18-38(36,37)17-21-6-9-23(29)10-7-21/h6-11,14,19-20,26,31H,5,12-13,15-18H2,1-4H3,(H,30,34)(H,32,35)/t26-/m0/s1. The van der Waals surface area contributed by atoms with E-state index in [-0.39, 0.29) is 17.4 Å². The molecule has 0 aliphatic carbocycles. The number of rotatable bonds is 13. The van der Waals surface area contributed by atoms with E-state index in [1.165, 1.54) is 0 Å². The van der Waals surface area contributed by atoms with Crippen molar-refractivity contribution >= 4 is 44.6 Å². The second-order valence-corrected chi connectivity index (χ2v) is 13.3. The maximum absolute atomic E-state index is 12.7. The average Bonchev–Trinajstić information content (AvgIpc) is 2.82. The highest BCUT2D eigenvalue weighted by Gasteiger charge is 2.30. The molecule has 0 spiro atoms. The van der Waals surface area contributed by atoms with Crippen LogP contribution in [0.4, 0.5) is 11.4 Å². The van der Waals surface area contributed by atoms with Gasteiger partial charge < -0.3 is 20.9 Å². The molecule has 0 saturated carbocycles. The SMILES string of the molecule is CC(C)CN(CCCNC(=O)c1ccc2c(c1)NC(=O)[C@H](CS(=O)(=O)Cc1ccc(Cl)cc1)N2)CC(C)C. The molecule has 0 radical (unpaired) electrons. The fourth-order valence-corrected chi connectivity index (χ4v) is 6.24. The van der Waals surface area contributed by atoms with Gasteiger partial charge in [0.05, 0.1) is 22.9 Å². The molecule has 1 heterocycles. The number of benzene rings is 2. The van der Waals surface area contributed by atoms with Crippen molar-refractivity contribution in [2.75, 3.05) is 42.6 Å². The Bertz CT molecular complexity index is 1210. The van der Waals surface area contributed by atoms with Crippen LogP contribution in [0.1, 0.15) is 50.0 Å². The normalized spacial score (nSPS) is 15.4. The third-order valence-corrected chi connectivity index (χ3v) is 7.96. The summed E-state index contributed by atoms with van der Waals surface area (Å²) in [5, 5.41) is 9.24. The second-order valence-electron chi connectivity index (χ2n) is 10.8. The van der Waals surface area contributed by atoms with Gasteiger partial charge in [-0.1, -0.05) is 51.4 Å². The number of sulfone groups is 1. The number of nitrogens with one attached hydrogen (secondary N) is 3. The van der Waals surface area contributed by atoms with Crippen LogP contribution in [0.2, 0.25) is 5.02 Å². The largest absolute Gasteiger partial charge is 0.371 e. The topological polar surface area (TPSA) is 108 Å². The van der Waals surface area contributed by atoms with E-state index in [0.29, 0.717) is 45.9 Å². The summed E-state index contributed by atoms with van der Waals surface area (Å²) in [5.74, 6) is -0.0296. The quantitative estimate of drug-likeness (QED) is 0.312. The summed E-state index contributed by atoms with van der Waals surface area (Å²) in [6, 6.07) is 10.6. The van der Waals surface area contributed by atoms with Crippen LogP contribution in [0.15, 0.2) is 42.5 Å². The average molecular weight is 563 g/mol. The van der Waals surface area contributed by atoms with Gasteiger partial charge in [0.2, 0.25) is 5.91 Å². The number of halogens is 1. The number of anilines is 2. The molecule has 208 valence electrons. The molecule has 2 amide bonds. The molecule has 10 heteroatoms. The minimum absolute atomic E-state index is 0.186. The predicted octanol–water partition coefficient (Wildman–Crippen LogP) is 4.42. The van der Waals surface area contributed by atoms with Gasteiger partial charge in [-0.2, -0.15) is 0 Å². The zero-order valence-corrected chi connectivity index (χ0v) is 24.2. The highest BCUT2D eigenvalue weighted by Crippen LogP contribution is 2.28. The Hall–Kier alpha value is -2.62. The molecule has 1 aliphatic heterocycles. The molecule has 2 aromatic rings. The van der Waals surface area contributed by atoms with E-state index < -0.39 is 21.8 Å². The van der Waals surface area contributed by atoms with Crippen molar-refractivity contribution in [3.63, 3.8) is 0 Å². The minimum Gasteiger partial charge on any atom is -0.371 e. The smallest absolute Gasteiger partial charge is 0.251 e. The van der Waals surface area contributed by atoms with Crippen LogP contribution in [0.5, 0.6) is 0 Å². The summed E-state index contributed by atoms with van der Waals surface area (Å²) < 4.78 is 25.4. The Morgan fingerprint density at radius 2 is 1.68 bits per heavy atom. The lowest BCUT2D eigenvalue weighted by Gasteiger charge is -2.27. The van der Waals surface area contributed by atoms with E-state index in [1.807, 2.05) is 0 Å². The van der Waals surface area contributed by atoms with E-state index in [4.69, 9.17) is 11.6 Å². The van der Waals surface area contributed by atoms with Gasteiger partial charge in [0.1, 0.15) is 6.04 Å². The van der Waals surface area contributed by atoms with Crippen molar-refractivity contribution in [3.8, 4) is 0 Å². The third-order valence-electron chi connectivity index (χ3n) is 6.09. The summed E-state index contributed by atoms with van der Waals surface area (Å²) in [5.41, 5.74) is 2.06. The van der Waals surface area contributed by atoms with Crippen LogP contribution in [-0.2, 0) is 20.4 Å². The number of nitrogens with zero attached hydrogens (tertiary/aromatic N) is 1. The van der Waals surface area contributed by atoms with Gasteiger partial charge in [-0.25, -0.2) is 8.42 Å². The van der Waals surface area contributed by atoms with Crippen molar-refractivity contribution in [3.05, 3.63) is 58.6 Å². The van der Waals surface area contributed by atoms with Gasteiger partial charge in [0.25, 0.3) is 5.91 Å². The molecular weight excluding hydrogens is 524 g/mol. The molecule has 0 saturated heterocycles. The summed E-state index contributed by atoms with van der Waals surface area (Å²) in [6.45, 7) is 12.4. The lowest BCUT2D eigenvalue weighted by molar-refractivity contribution is -0.116. The molecule has 3 rings (SSSR count). The van der Waals surface area contributed by atoms with Crippen molar-refractivity contribution in [1.82, 2.24) is 10.2 Å². The Labute approximate surface area is 231 Å². The summed E-state index contributed by atoms with van der Waals surface area (Å²) in [6.07, 6.45) is 0.848. The van der Waals surface area contributed by atoms with E-state index >= 15 is 0 Å². The molecule has 8 nitrogen and oxygen atoms in total. The highest BCUT2D eigenvalue weighted by molar-refractivity contribution is 7.90. The van der Waals surface area contributed by atoms with Crippen molar-refractivity contribution in [2.45, 2.75) is 45.9 Å². The zero-order chi connectivity index (χ0) is 27.9. The van der Waals surface area contributed by atoms with Crippen molar-refractivity contribution in [2.24, 2.45) is 11.8 Å². The van der Waals surface area contributed by atoms with Crippen LogP contribution in [-0.4, -0.2) is 63.1 Å². The first-order valence-electron chi connectivity index (χ1n) is 13.1. The Morgan fingerprint density at radius 1 is 1.03 bits per heavy atom. The number of carbonyl (C=O) groups excluding carboxylic acids is 2. The molecular formula is C28H39ClN4O4S. The summed E-state index contributed by atoms with van der Waals surface area (Å²) in [7, 11) is -3.57. The predicted molar refractivity (Wildman–Crippen MR) is 154 cm³/mol. The third kappa shape index (κ3) is 9.29. The van der Waals surface area contributed by atoms with Gasteiger partial charge in [-0.15, -0.1) is 0 Å². The number of hydrogen-bond donors (Lipinski definition) is 3. The molecule has 1 atom stereocenters. The fourth-order valence-electron chi connectivity index (χ4n) is 4.55. The Balaban J connectivity index is 1.54. The van der Waals surface area contributed by atoms with Gasteiger partial charge in [-0.3, -0.25) is 9.59 Å².